The molecule has 2 heterocycles. The first-order valence-electron chi connectivity index (χ1n) is 7.88. The zero-order valence-corrected chi connectivity index (χ0v) is 12.3. The number of carbonyl (C=O) groups is 1. The van der Waals surface area contributed by atoms with E-state index >= 15 is 0 Å². The Bertz CT molecular complexity index is 478. The second kappa shape index (κ2) is 5.96. The van der Waals surface area contributed by atoms with Crippen LogP contribution in [-0.2, 0) is 11.2 Å². The number of hydrogen-bond donors (Lipinski definition) is 1. The molecule has 1 fully saturated rings. The number of para-hydroxylation sites is 1. The van der Waals surface area contributed by atoms with E-state index < -0.39 is 0 Å². The minimum atomic E-state index is 0.0101. The number of fused-ring (bicyclic) bond motifs is 1. The molecule has 2 aliphatic rings. The van der Waals surface area contributed by atoms with E-state index in [-0.39, 0.29) is 11.9 Å². The van der Waals surface area contributed by atoms with Gasteiger partial charge in [0.15, 0.2) is 0 Å². The number of anilines is 1. The molecule has 108 valence electrons. The fourth-order valence-electron chi connectivity index (χ4n) is 3.43. The minimum absolute atomic E-state index is 0.0101. The lowest BCUT2D eigenvalue weighted by molar-refractivity contribution is -0.120. The van der Waals surface area contributed by atoms with Gasteiger partial charge < -0.3 is 10.2 Å². The number of rotatable bonds is 1. The topological polar surface area (TPSA) is 32.3 Å². The molecule has 20 heavy (non-hydrogen) atoms. The van der Waals surface area contributed by atoms with Gasteiger partial charge in [-0.25, -0.2) is 0 Å². The van der Waals surface area contributed by atoms with Crippen molar-refractivity contribution in [1.29, 1.82) is 0 Å². The molecule has 1 saturated heterocycles. The summed E-state index contributed by atoms with van der Waals surface area (Å²) >= 11 is 0. The first kappa shape index (κ1) is 13.6. The average molecular weight is 272 g/mol. The third-order valence-corrected chi connectivity index (χ3v) is 4.47. The Balaban J connectivity index is 1.83. The Kier molecular flexibility index (Phi) is 4.06. The van der Waals surface area contributed by atoms with Crippen molar-refractivity contribution >= 4 is 11.6 Å². The van der Waals surface area contributed by atoms with Crippen molar-refractivity contribution in [2.75, 3.05) is 18.0 Å². The summed E-state index contributed by atoms with van der Waals surface area (Å²) in [4.78, 5) is 14.9. The Hall–Kier alpha value is -1.35. The second-order valence-electron chi connectivity index (χ2n) is 6.24. The van der Waals surface area contributed by atoms with Gasteiger partial charge in [0, 0.05) is 12.2 Å². The summed E-state index contributed by atoms with van der Waals surface area (Å²) < 4.78 is 0. The van der Waals surface area contributed by atoms with Gasteiger partial charge in [-0.15, -0.1) is 0 Å². The van der Waals surface area contributed by atoms with Crippen molar-refractivity contribution in [3.05, 3.63) is 29.8 Å². The standard InChI is InChI=1S/C17H24N2O/c1-13-11-14-7-4-5-9-16(14)19(12-13)17(20)15-8-3-2-6-10-18-15/h4-5,7,9,13,15,18H,2-3,6,8,10-12H2,1H3. The van der Waals surface area contributed by atoms with E-state index in [1.807, 2.05) is 11.0 Å². The third kappa shape index (κ3) is 2.73. The van der Waals surface area contributed by atoms with Crippen molar-refractivity contribution in [3.8, 4) is 0 Å². The van der Waals surface area contributed by atoms with Gasteiger partial charge in [-0.3, -0.25) is 4.79 Å². The predicted octanol–water partition coefficient (Wildman–Crippen LogP) is 2.74. The highest BCUT2D eigenvalue weighted by molar-refractivity contribution is 5.98. The first-order valence-corrected chi connectivity index (χ1v) is 7.88. The van der Waals surface area contributed by atoms with Crippen LogP contribution < -0.4 is 10.2 Å². The van der Waals surface area contributed by atoms with Crippen LogP contribution in [0.1, 0.15) is 38.2 Å². The molecule has 3 rings (SSSR count). The number of hydrogen-bond acceptors (Lipinski definition) is 2. The van der Waals surface area contributed by atoms with Crippen LogP contribution in [0, 0.1) is 5.92 Å². The molecular weight excluding hydrogens is 248 g/mol. The molecule has 3 heteroatoms. The van der Waals surface area contributed by atoms with Crippen LogP contribution in [0.2, 0.25) is 0 Å². The van der Waals surface area contributed by atoms with Gasteiger partial charge in [0.25, 0.3) is 0 Å². The number of amides is 1. The van der Waals surface area contributed by atoms with E-state index in [2.05, 4.69) is 30.4 Å². The minimum Gasteiger partial charge on any atom is -0.311 e. The molecule has 1 aromatic carbocycles. The zero-order chi connectivity index (χ0) is 13.9. The Labute approximate surface area is 121 Å². The largest absolute Gasteiger partial charge is 0.311 e. The predicted molar refractivity (Wildman–Crippen MR) is 81.9 cm³/mol. The summed E-state index contributed by atoms with van der Waals surface area (Å²) in [6.07, 6.45) is 5.65. The van der Waals surface area contributed by atoms with Gasteiger partial charge in [0.1, 0.15) is 0 Å². The maximum Gasteiger partial charge on any atom is 0.244 e. The molecule has 0 radical (unpaired) electrons. The van der Waals surface area contributed by atoms with Gasteiger partial charge in [-0.1, -0.05) is 38.0 Å². The van der Waals surface area contributed by atoms with E-state index in [1.54, 1.807) is 0 Å². The fourth-order valence-corrected chi connectivity index (χ4v) is 3.43. The Morgan fingerprint density at radius 2 is 2.10 bits per heavy atom. The summed E-state index contributed by atoms with van der Waals surface area (Å²) in [7, 11) is 0. The van der Waals surface area contributed by atoms with Crippen molar-refractivity contribution in [1.82, 2.24) is 5.32 Å². The quantitative estimate of drug-likeness (QED) is 0.852. The van der Waals surface area contributed by atoms with Crippen LogP contribution in [0.4, 0.5) is 5.69 Å². The van der Waals surface area contributed by atoms with Gasteiger partial charge in [-0.2, -0.15) is 0 Å². The molecule has 0 spiro atoms. The number of benzene rings is 1. The summed E-state index contributed by atoms with van der Waals surface area (Å²) in [5.74, 6) is 0.811. The highest BCUT2D eigenvalue weighted by atomic mass is 16.2. The normalized spacial score (nSPS) is 26.8. The van der Waals surface area contributed by atoms with Crippen LogP contribution in [-0.4, -0.2) is 25.0 Å². The number of nitrogens with one attached hydrogen (secondary N) is 1. The van der Waals surface area contributed by atoms with Crippen LogP contribution in [0.5, 0.6) is 0 Å². The molecule has 2 aliphatic heterocycles. The summed E-state index contributed by atoms with van der Waals surface area (Å²) in [6, 6.07) is 8.37. The fraction of sp³-hybridized carbons (Fsp3) is 0.588. The molecule has 0 bridgehead atoms. The SMILES string of the molecule is CC1Cc2ccccc2N(C(=O)C2CCCCCN2)C1. The van der Waals surface area contributed by atoms with Gasteiger partial charge in [0.05, 0.1) is 6.04 Å². The van der Waals surface area contributed by atoms with Crippen molar-refractivity contribution in [2.45, 2.75) is 45.1 Å². The maximum absolute atomic E-state index is 12.9. The van der Waals surface area contributed by atoms with E-state index in [0.717, 1.165) is 38.0 Å². The van der Waals surface area contributed by atoms with E-state index in [1.165, 1.54) is 18.4 Å². The number of nitrogens with zero attached hydrogens (tertiary/aromatic N) is 1. The summed E-state index contributed by atoms with van der Waals surface area (Å²) in [6.45, 7) is 4.06. The van der Waals surface area contributed by atoms with Crippen molar-refractivity contribution < 1.29 is 4.79 Å². The Morgan fingerprint density at radius 3 is 3.00 bits per heavy atom. The molecule has 0 aromatic heterocycles. The summed E-state index contributed by atoms with van der Waals surface area (Å²) in [5, 5.41) is 3.43. The molecule has 1 N–H and O–H groups in total. The average Bonchev–Trinajstić information content (AvgIpc) is 2.74. The highest BCUT2D eigenvalue weighted by Gasteiger charge is 2.30. The first-order chi connectivity index (χ1) is 9.75. The van der Waals surface area contributed by atoms with E-state index in [4.69, 9.17) is 0 Å². The van der Waals surface area contributed by atoms with E-state index in [0.29, 0.717) is 5.92 Å². The lowest BCUT2D eigenvalue weighted by atomic mass is 9.93. The molecule has 1 amide bonds. The number of carbonyl (C=O) groups excluding carboxylic acids is 1. The summed E-state index contributed by atoms with van der Waals surface area (Å²) in [5.41, 5.74) is 2.44. The zero-order valence-electron chi connectivity index (χ0n) is 12.3. The molecule has 0 saturated carbocycles. The van der Waals surface area contributed by atoms with Crippen molar-refractivity contribution in [3.63, 3.8) is 0 Å². The molecule has 2 unspecified atom stereocenters. The smallest absolute Gasteiger partial charge is 0.244 e. The van der Waals surface area contributed by atoms with Crippen LogP contribution in [0.15, 0.2) is 24.3 Å². The van der Waals surface area contributed by atoms with Crippen molar-refractivity contribution in [2.24, 2.45) is 5.92 Å². The molecular formula is C17H24N2O. The molecule has 2 atom stereocenters. The van der Waals surface area contributed by atoms with Gasteiger partial charge >= 0.3 is 0 Å². The van der Waals surface area contributed by atoms with Gasteiger partial charge in [-0.05, 0) is 43.4 Å². The third-order valence-electron chi connectivity index (χ3n) is 4.47. The highest BCUT2D eigenvalue weighted by Crippen LogP contribution is 2.30. The maximum atomic E-state index is 12.9. The van der Waals surface area contributed by atoms with Crippen LogP contribution in [0.3, 0.4) is 0 Å². The van der Waals surface area contributed by atoms with E-state index in [9.17, 15) is 4.79 Å². The monoisotopic (exact) mass is 272 g/mol. The molecule has 3 nitrogen and oxygen atoms in total. The molecule has 0 aliphatic carbocycles. The lowest BCUT2D eigenvalue weighted by Crippen LogP contribution is -2.49. The van der Waals surface area contributed by atoms with Gasteiger partial charge in [0.2, 0.25) is 5.91 Å². The lowest BCUT2D eigenvalue weighted by Gasteiger charge is -2.35. The molecule has 1 aromatic rings. The van der Waals surface area contributed by atoms with Crippen LogP contribution >= 0.6 is 0 Å². The van der Waals surface area contributed by atoms with Crippen LogP contribution in [0.25, 0.3) is 0 Å². The Morgan fingerprint density at radius 1 is 1.25 bits per heavy atom. The second-order valence-corrected chi connectivity index (χ2v) is 6.24.